The summed E-state index contributed by atoms with van der Waals surface area (Å²) < 4.78 is 36.6. The molecular formula is C29H62N2O5S. The van der Waals surface area contributed by atoms with Crippen molar-refractivity contribution in [2.45, 2.75) is 174 Å². The highest BCUT2D eigenvalue weighted by molar-refractivity contribution is 7.80. The maximum Gasteiger partial charge on any atom is 0.219 e. The molecule has 0 bridgehead atoms. The molecule has 0 heterocycles. The first-order valence-electron chi connectivity index (χ1n) is 15.1. The molecule has 0 aromatic heterocycles. The molecule has 0 rings (SSSR count). The van der Waals surface area contributed by atoms with Crippen molar-refractivity contribution in [1.82, 2.24) is 11.5 Å². The monoisotopic (exact) mass is 550 g/mol. The van der Waals surface area contributed by atoms with Crippen molar-refractivity contribution >= 4 is 16.3 Å². The van der Waals surface area contributed by atoms with E-state index >= 15 is 0 Å². The molecule has 1 amide bonds. The number of quaternary nitrogens is 1. The molecular weight excluding hydrogens is 488 g/mol. The Hall–Kier alpha value is -0.700. The van der Waals surface area contributed by atoms with E-state index in [1.54, 1.807) is 13.8 Å². The van der Waals surface area contributed by atoms with E-state index in [2.05, 4.69) is 16.4 Å². The lowest BCUT2D eigenvalue weighted by Gasteiger charge is -2.26. The third-order valence-corrected chi connectivity index (χ3v) is 7.52. The molecule has 0 radical (unpaired) electrons. The number of rotatable bonds is 27. The van der Waals surface area contributed by atoms with Crippen LogP contribution in [0.25, 0.3) is 0 Å². The summed E-state index contributed by atoms with van der Waals surface area (Å²) in [6, 6.07) is 0. The van der Waals surface area contributed by atoms with Crippen molar-refractivity contribution < 1.29 is 21.9 Å². The van der Waals surface area contributed by atoms with Crippen LogP contribution in [0.2, 0.25) is 0 Å². The number of amides is 1. The number of hydrogen-bond acceptors (Lipinski definition) is 5. The summed E-state index contributed by atoms with van der Waals surface area (Å²) in [5.74, 6) is 0.0830. The van der Waals surface area contributed by atoms with E-state index in [9.17, 15) is 17.8 Å². The van der Waals surface area contributed by atoms with E-state index < -0.39 is 16.0 Å². The average Bonchev–Trinajstić information content (AvgIpc) is 2.78. The molecule has 0 aliphatic heterocycles. The molecule has 5 N–H and O–H groups in total. The average molecular weight is 551 g/mol. The van der Waals surface area contributed by atoms with Gasteiger partial charge in [-0.15, -0.1) is 0 Å². The highest BCUT2D eigenvalue weighted by Crippen LogP contribution is 2.20. The van der Waals surface area contributed by atoms with Crippen molar-refractivity contribution in [2.75, 3.05) is 6.54 Å². The van der Waals surface area contributed by atoms with E-state index in [0.717, 1.165) is 19.3 Å². The minimum atomic E-state index is -4.69. The summed E-state index contributed by atoms with van der Waals surface area (Å²) in [4.78, 5) is 11.9. The summed E-state index contributed by atoms with van der Waals surface area (Å²) in [7, 11) is -4.69. The van der Waals surface area contributed by atoms with Gasteiger partial charge in [0.25, 0.3) is 0 Å². The number of hydrogen-bond donors (Lipinski definition) is 2. The Morgan fingerprint density at radius 1 is 0.676 bits per heavy atom. The third-order valence-electron chi connectivity index (χ3n) is 6.86. The maximum atomic E-state index is 11.9. The first-order valence-corrected chi connectivity index (χ1v) is 16.4. The number of unbranched alkanes of at least 4 members (excludes halogenated alkanes) is 19. The Labute approximate surface area is 230 Å². The molecule has 0 unspecified atom stereocenters. The normalized spacial score (nSPS) is 11.9. The quantitative estimate of drug-likeness (QED) is 0.0599. The molecule has 224 valence electrons. The molecule has 0 atom stereocenters. The Morgan fingerprint density at radius 2 is 1.05 bits per heavy atom. The zero-order valence-electron chi connectivity index (χ0n) is 24.9. The van der Waals surface area contributed by atoms with Gasteiger partial charge in [-0.05, 0) is 39.5 Å². The zero-order chi connectivity index (χ0) is 27.0. The molecule has 0 aromatic carbocycles. The van der Waals surface area contributed by atoms with Gasteiger partial charge in [0.05, 0.1) is 5.60 Å². The first-order chi connectivity index (χ1) is 17.2. The number of carbonyl (C=O) groups excluding carboxylic acids is 1. The standard InChI is InChI=1S/C29H59NO5S.H3N/c1-4-5-6-7-8-9-10-11-12-13-14-15-16-17-18-19-20-21-22-25-28(31)30-27-24-23-26-29(2,3)35-36(32,33)34;/h4-27H2,1-3H3,(H,30,31)(H,32,33,34);1H3. The van der Waals surface area contributed by atoms with Crippen molar-refractivity contribution in [1.29, 1.82) is 0 Å². The third kappa shape index (κ3) is 31.4. The molecule has 8 heteroatoms. The minimum Gasteiger partial charge on any atom is -0.726 e. The van der Waals surface area contributed by atoms with Gasteiger partial charge in [-0.25, -0.2) is 8.42 Å². The van der Waals surface area contributed by atoms with Gasteiger partial charge in [0.2, 0.25) is 16.3 Å². The van der Waals surface area contributed by atoms with Crippen LogP contribution in [0, 0.1) is 0 Å². The van der Waals surface area contributed by atoms with E-state index in [1.165, 1.54) is 109 Å². The van der Waals surface area contributed by atoms with Crippen molar-refractivity contribution in [3.05, 3.63) is 0 Å². The molecule has 0 aromatic rings. The van der Waals surface area contributed by atoms with Crippen molar-refractivity contribution in [3.8, 4) is 0 Å². The summed E-state index contributed by atoms with van der Waals surface area (Å²) in [6.07, 6.45) is 28.0. The van der Waals surface area contributed by atoms with Crippen LogP contribution >= 0.6 is 0 Å². The Kier molecular flexibility index (Phi) is 26.6. The van der Waals surface area contributed by atoms with Crippen LogP contribution in [0.1, 0.15) is 168 Å². The van der Waals surface area contributed by atoms with Gasteiger partial charge in [-0.2, -0.15) is 0 Å². The lowest BCUT2D eigenvalue weighted by molar-refractivity contribution is -0.121. The zero-order valence-corrected chi connectivity index (χ0v) is 25.7. The van der Waals surface area contributed by atoms with E-state index in [1.807, 2.05) is 0 Å². The fourth-order valence-corrected chi connectivity index (χ4v) is 5.31. The summed E-state index contributed by atoms with van der Waals surface area (Å²) in [5, 5.41) is 2.92. The topological polar surface area (TPSA) is 132 Å². The molecule has 0 saturated heterocycles. The fourth-order valence-electron chi connectivity index (χ4n) is 4.67. The second kappa shape index (κ2) is 25.6. The van der Waals surface area contributed by atoms with Gasteiger partial charge in [-0.3, -0.25) is 8.98 Å². The molecule has 0 saturated carbocycles. The highest BCUT2D eigenvalue weighted by Gasteiger charge is 2.21. The van der Waals surface area contributed by atoms with Gasteiger partial charge < -0.3 is 16.0 Å². The maximum absolute atomic E-state index is 11.9. The predicted molar refractivity (Wildman–Crippen MR) is 156 cm³/mol. The van der Waals surface area contributed by atoms with Gasteiger partial charge in [0, 0.05) is 13.0 Å². The first kappa shape index (κ1) is 38.4. The number of nitrogens with one attached hydrogen (secondary N) is 1. The second-order valence-electron chi connectivity index (χ2n) is 11.2. The lowest BCUT2D eigenvalue weighted by atomic mass is 10.0. The van der Waals surface area contributed by atoms with E-state index in [4.69, 9.17) is 0 Å². The summed E-state index contributed by atoms with van der Waals surface area (Å²) in [5.41, 5.74) is -1.00. The van der Waals surface area contributed by atoms with Gasteiger partial charge in [0.1, 0.15) is 0 Å². The van der Waals surface area contributed by atoms with Crippen LogP contribution in [0.5, 0.6) is 0 Å². The molecule has 0 spiro atoms. The van der Waals surface area contributed by atoms with Crippen LogP contribution in [0.4, 0.5) is 0 Å². The molecule has 0 aliphatic carbocycles. The predicted octanol–water partition coefficient (Wildman–Crippen LogP) is 8.73. The highest BCUT2D eigenvalue weighted by atomic mass is 32.3. The molecule has 0 fully saturated rings. The molecule has 7 nitrogen and oxygen atoms in total. The van der Waals surface area contributed by atoms with Crippen LogP contribution in [-0.2, 0) is 19.4 Å². The van der Waals surface area contributed by atoms with Crippen LogP contribution in [0.15, 0.2) is 0 Å². The van der Waals surface area contributed by atoms with Crippen LogP contribution in [-0.4, -0.2) is 31.0 Å². The summed E-state index contributed by atoms with van der Waals surface area (Å²) in [6.45, 7) is 6.01. The fraction of sp³-hybridized carbons (Fsp3) is 0.966. The smallest absolute Gasteiger partial charge is 0.219 e. The Morgan fingerprint density at radius 3 is 1.43 bits per heavy atom. The van der Waals surface area contributed by atoms with E-state index in [-0.39, 0.29) is 12.1 Å². The second-order valence-corrected chi connectivity index (χ2v) is 12.2. The van der Waals surface area contributed by atoms with Gasteiger partial charge >= 0.3 is 0 Å². The summed E-state index contributed by atoms with van der Waals surface area (Å²) >= 11 is 0. The minimum absolute atomic E-state index is 0. The Bertz CT molecular complexity index is 611. The SMILES string of the molecule is CCCCCCCCCCCCCCCCCCCCCC(=O)NCCCCC(C)(C)OS(=O)(=O)[O-].[NH4+]. The van der Waals surface area contributed by atoms with Crippen molar-refractivity contribution in [2.24, 2.45) is 0 Å². The largest absolute Gasteiger partial charge is 0.726 e. The molecule has 0 aliphatic rings. The Balaban J connectivity index is 0. The molecule has 37 heavy (non-hydrogen) atoms. The lowest BCUT2D eigenvalue weighted by Crippen LogP contribution is -2.28. The van der Waals surface area contributed by atoms with E-state index in [0.29, 0.717) is 25.8 Å². The van der Waals surface area contributed by atoms with Gasteiger partial charge in [0.15, 0.2) is 0 Å². The van der Waals surface area contributed by atoms with Crippen LogP contribution < -0.4 is 11.5 Å². The van der Waals surface area contributed by atoms with Crippen LogP contribution in [0.3, 0.4) is 0 Å². The van der Waals surface area contributed by atoms with Gasteiger partial charge in [-0.1, -0.05) is 122 Å². The van der Waals surface area contributed by atoms with Crippen molar-refractivity contribution in [3.63, 3.8) is 0 Å². The number of carbonyl (C=O) groups is 1.